The highest BCUT2D eigenvalue weighted by atomic mass is 35.5. The summed E-state index contributed by atoms with van der Waals surface area (Å²) in [6.07, 6.45) is 3.14. The Morgan fingerprint density at radius 2 is 2.05 bits per heavy atom. The molecule has 0 bridgehead atoms. The molecule has 0 atom stereocenters. The molecule has 0 aliphatic heterocycles. The van der Waals surface area contributed by atoms with Crippen LogP contribution in [0.2, 0.25) is 5.02 Å². The topological polar surface area (TPSA) is 59.3 Å². The average Bonchev–Trinajstić information content (AvgIpc) is 3.16. The molecule has 0 saturated heterocycles. The Balaban J connectivity index is 0.00000147. The van der Waals surface area contributed by atoms with E-state index >= 15 is 0 Å². The summed E-state index contributed by atoms with van der Waals surface area (Å²) in [6, 6.07) is 2.53. The second-order valence-corrected chi connectivity index (χ2v) is 5.01. The van der Waals surface area contributed by atoms with Gasteiger partial charge in [-0.15, -0.1) is 0 Å². The summed E-state index contributed by atoms with van der Waals surface area (Å²) < 4.78 is 15.2. The van der Waals surface area contributed by atoms with Crippen LogP contribution in [0.5, 0.6) is 0 Å². The number of pyridine rings is 1. The second-order valence-electron chi connectivity index (χ2n) is 4.60. The van der Waals surface area contributed by atoms with E-state index in [-0.39, 0.29) is 30.4 Å². The van der Waals surface area contributed by atoms with Crippen molar-refractivity contribution in [3.63, 3.8) is 0 Å². The summed E-state index contributed by atoms with van der Waals surface area (Å²) in [6.45, 7) is 0. The van der Waals surface area contributed by atoms with Gasteiger partial charge in [-0.1, -0.05) is 11.6 Å². The first-order valence-corrected chi connectivity index (χ1v) is 6.14. The molecule has 1 aliphatic carbocycles. The maximum absolute atomic E-state index is 13.5. The normalized spacial score (nSPS) is 14.1. The van der Waals surface area contributed by atoms with Crippen LogP contribution in [0, 0.1) is 5.82 Å². The van der Waals surface area contributed by atoms with E-state index in [0.717, 1.165) is 18.9 Å². The molecule has 1 fully saturated rings. The summed E-state index contributed by atoms with van der Waals surface area (Å²) in [5.41, 5.74) is -0.556. The van der Waals surface area contributed by atoms with Gasteiger partial charge in [-0.25, -0.2) is 9.18 Å². The van der Waals surface area contributed by atoms with E-state index in [9.17, 15) is 14.0 Å². The number of aromatic carboxylic acids is 1. The third kappa shape index (κ3) is 2.20. The Morgan fingerprint density at radius 3 is 2.60 bits per heavy atom. The van der Waals surface area contributed by atoms with Crippen molar-refractivity contribution in [2.75, 3.05) is 0 Å². The van der Waals surface area contributed by atoms with Crippen LogP contribution in [0.25, 0.3) is 10.9 Å². The van der Waals surface area contributed by atoms with E-state index in [1.807, 2.05) is 0 Å². The number of aromatic nitrogens is 1. The molecule has 1 aromatic carbocycles. The first kappa shape index (κ1) is 14.6. The largest absolute Gasteiger partial charge is 0.477 e. The zero-order valence-corrected chi connectivity index (χ0v) is 10.4. The third-order valence-corrected chi connectivity index (χ3v) is 3.53. The molecular weight excluding hydrogens is 283 g/mol. The molecule has 1 heterocycles. The predicted molar refractivity (Wildman–Crippen MR) is 78.3 cm³/mol. The van der Waals surface area contributed by atoms with Crippen molar-refractivity contribution in [2.45, 2.75) is 18.9 Å². The highest BCUT2D eigenvalue weighted by Gasteiger charge is 2.27. The van der Waals surface area contributed by atoms with Crippen molar-refractivity contribution in [1.82, 2.24) is 4.57 Å². The lowest BCUT2D eigenvalue weighted by molar-refractivity contribution is 0.0695. The van der Waals surface area contributed by atoms with Crippen molar-refractivity contribution in [1.29, 1.82) is 0 Å². The summed E-state index contributed by atoms with van der Waals surface area (Å²) in [7, 11) is 0. The lowest BCUT2D eigenvalue weighted by Gasteiger charge is -2.11. The number of hydrogen-bond donors (Lipinski definition) is 1. The predicted octanol–water partition coefficient (Wildman–Crippen LogP) is 1.64. The van der Waals surface area contributed by atoms with Crippen LogP contribution in [0.1, 0.15) is 29.2 Å². The highest BCUT2D eigenvalue weighted by molar-refractivity contribution is 6.31. The number of benzene rings is 1. The SMILES string of the molecule is B.O=C(O)c1cn(C2CC2)c2cc(Cl)c(F)cc2c1=O. The average molecular weight is 296 g/mol. The van der Waals surface area contributed by atoms with Gasteiger partial charge in [-0.2, -0.15) is 0 Å². The molecule has 20 heavy (non-hydrogen) atoms. The third-order valence-electron chi connectivity index (χ3n) is 3.24. The fraction of sp³-hybridized carbons (Fsp3) is 0.231. The van der Waals surface area contributed by atoms with Crippen molar-refractivity contribution in [2.24, 2.45) is 0 Å². The van der Waals surface area contributed by atoms with Crippen LogP contribution in [0.3, 0.4) is 0 Å². The lowest BCUT2D eigenvalue weighted by atomic mass is 10.1. The Hall–Kier alpha value is -1.82. The van der Waals surface area contributed by atoms with Gasteiger partial charge in [-0.3, -0.25) is 4.79 Å². The van der Waals surface area contributed by atoms with Gasteiger partial charge in [0.1, 0.15) is 11.4 Å². The maximum atomic E-state index is 13.5. The number of halogens is 2. The van der Waals surface area contributed by atoms with Gasteiger partial charge in [0, 0.05) is 17.6 Å². The minimum Gasteiger partial charge on any atom is -0.477 e. The minimum absolute atomic E-state index is 0. The molecule has 0 amide bonds. The highest BCUT2D eigenvalue weighted by Crippen LogP contribution is 2.37. The van der Waals surface area contributed by atoms with E-state index in [1.54, 1.807) is 4.57 Å². The second kappa shape index (κ2) is 4.94. The fourth-order valence-electron chi connectivity index (χ4n) is 2.15. The Kier molecular flexibility index (Phi) is 3.60. The minimum atomic E-state index is -1.31. The van der Waals surface area contributed by atoms with Gasteiger partial charge >= 0.3 is 5.97 Å². The number of rotatable bonds is 2. The lowest BCUT2D eigenvalue weighted by Crippen LogP contribution is -2.18. The number of fused-ring (bicyclic) bond motifs is 1. The van der Waals surface area contributed by atoms with Gasteiger partial charge in [0.25, 0.3) is 0 Å². The summed E-state index contributed by atoms with van der Waals surface area (Å²) in [5.74, 6) is -2.03. The summed E-state index contributed by atoms with van der Waals surface area (Å²) >= 11 is 5.73. The van der Waals surface area contributed by atoms with Gasteiger partial charge in [-0.05, 0) is 25.0 Å². The Labute approximate surface area is 120 Å². The quantitative estimate of drug-likeness (QED) is 0.857. The van der Waals surface area contributed by atoms with Crippen LogP contribution in [-0.2, 0) is 0 Å². The number of carbonyl (C=O) groups is 1. The fourth-order valence-corrected chi connectivity index (χ4v) is 2.31. The van der Waals surface area contributed by atoms with E-state index in [4.69, 9.17) is 16.7 Å². The summed E-state index contributed by atoms with van der Waals surface area (Å²) in [4.78, 5) is 23.1. The molecule has 1 N–H and O–H groups in total. The van der Waals surface area contributed by atoms with E-state index in [2.05, 4.69) is 0 Å². The number of carboxylic acid groups (broad SMARTS) is 1. The monoisotopic (exact) mass is 295 g/mol. The molecule has 0 spiro atoms. The molecule has 3 rings (SSSR count). The molecule has 7 heteroatoms. The van der Waals surface area contributed by atoms with Gasteiger partial charge < -0.3 is 9.67 Å². The van der Waals surface area contributed by atoms with Gasteiger partial charge in [0.2, 0.25) is 5.43 Å². The Bertz CT molecular complexity index is 770. The molecule has 1 saturated carbocycles. The standard InChI is InChI=1S/C13H9ClFNO3.BH3/c14-9-4-11-7(3-10(9)15)12(17)8(13(18)19)5-16(11)6-1-2-6;/h3-6H,1-2H2,(H,18,19);1H3. The van der Waals surface area contributed by atoms with E-state index in [0.29, 0.717) is 5.52 Å². The number of hydrogen-bond acceptors (Lipinski definition) is 2. The van der Waals surface area contributed by atoms with E-state index < -0.39 is 17.2 Å². The Morgan fingerprint density at radius 1 is 1.40 bits per heavy atom. The molecule has 104 valence electrons. The molecule has 4 nitrogen and oxygen atoms in total. The van der Waals surface area contributed by atoms with Crippen molar-refractivity contribution < 1.29 is 14.3 Å². The summed E-state index contributed by atoms with van der Waals surface area (Å²) in [5, 5.41) is 9.01. The zero-order chi connectivity index (χ0) is 13.7. The number of nitrogens with zero attached hydrogens (tertiary/aromatic N) is 1. The maximum Gasteiger partial charge on any atom is 0.341 e. The van der Waals surface area contributed by atoms with Crippen LogP contribution in [-0.4, -0.2) is 24.1 Å². The number of carboxylic acids is 1. The molecule has 2 aromatic rings. The van der Waals surface area contributed by atoms with Gasteiger partial charge in [0.05, 0.1) is 19.0 Å². The van der Waals surface area contributed by atoms with Crippen molar-refractivity contribution in [3.05, 3.63) is 45.0 Å². The molecule has 0 radical (unpaired) electrons. The molecular formula is C13H12BClFNO3. The van der Waals surface area contributed by atoms with Gasteiger partial charge in [0.15, 0.2) is 0 Å². The first-order valence-electron chi connectivity index (χ1n) is 5.76. The molecule has 1 aliphatic rings. The van der Waals surface area contributed by atoms with Crippen molar-refractivity contribution in [3.8, 4) is 0 Å². The van der Waals surface area contributed by atoms with Crippen LogP contribution >= 0.6 is 11.6 Å². The van der Waals surface area contributed by atoms with E-state index in [1.165, 1.54) is 12.3 Å². The smallest absolute Gasteiger partial charge is 0.341 e. The van der Waals surface area contributed by atoms with Crippen LogP contribution in [0.4, 0.5) is 4.39 Å². The first-order chi connectivity index (χ1) is 8.99. The van der Waals surface area contributed by atoms with Crippen LogP contribution < -0.4 is 5.43 Å². The molecule has 1 aromatic heterocycles. The van der Waals surface area contributed by atoms with Crippen LogP contribution in [0.15, 0.2) is 23.1 Å². The molecule has 0 unspecified atom stereocenters. The zero-order valence-electron chi connectivity index (χ0n) is 9.69. The van der Waals surface area contributed by atoms with Crippen molar-refractivity contribution >= 4 is 36.9 Å².